The molecule has 0 aliphatic carbocycles. The summed E-state index contributed by atoms with van der Waals surface area (Å²) in [4.78, 5) is 12.0. The van der Waals surface area contributed by atoms with Gasteiger partial charge < -0.3 is 4.74 Å². The molecule has 0 aromatic carbocycles. The van der Waals surface area contributed by atoms with Crippen molar-refractivity contribution in [1.29, 1.82) is 0 Å². The third kappa shape index (κ3) is 47.2. The first-order chi connectivity index (χ1) is 25.7. The van der Waals surface area contributed by atoms with Gasteiger partial charge in [0.2, 0.25) is 0 Å². The van der Waals surface area contributed by atoms with Crippen LogP contribution < -0.4 is 0 Å². The number of carbonyl (C=O) groups is 1. The second-order valence-corrected chi connectivity index (χ2v) is 17.3. The zero-order valence-corrected chi connectivity index (χ0v) is 36.5. The Morgan fingerprint density at radius 3 is 1.02 bits per heavy atom. The monoisotopic (exact) mass is 731 g/mol. The molecule has 0 fully saturated rings. The minimum Gasteiger partial charge on any atom is -0.466 e. The van der Waals surface area contributed by atoms with Crippen molar-refractivity contribution in [2.45, 2.75) is 290 Å². The predicted octanol–water partition coefficient (Wildman–Crippen LogP) is 18.1. The lowest BCUT2D eigenvalue weighted by Crippen LogP contribution is -2.05. The molecule has 0 aliphatic heterocycles. The predicted molar refractivity (Wildman–Crippen MR) is 235 cm³/mol. The molecule has 0 saturated heterocycles. The third-order valence-corrected chi connectivity index (χ3v) is 11.3. The summed E-state index contributed by atoms with van der Waals surface area (Å²) in [5.41, 5.74) is 0. The number of carbonyl (C=O) groups excluding carboxylic acids is 1. The smallest absolute Gasteiger partial charge is 0.305 e. The Morgan fingerprint density at radius 2 is 0.673 bits per heavy atom. The molecule has 0 unspecified atom stereocenters. The summed E-state index contributed by atoms with van der Waals surface area (Å²) in [6, 6.07) is 0. The molecule has 0 rings (SSSR count). The fourth-order valence-electron chi connectivity index (χ4n) is 7.67. The quantitative estimate of drug-likeness (QED) is 0.0354. The maximum atomic E-state index is 12.0. The van der Waals surface area contributed by atoms with E-state index in [-0.39, 0.29) is 5.97 Å². The van der Waals surface area contributed by atoms with Crippen LogP contribution in [0.4, 0.5) is 0 Å². The van der Waals surface area contributed by atoms with Crippen LogP contribution in [-0.4, -0.2) is 12.6 Å². The SMILES string of the molecule is CCCCCC/C=C\CCCCCCCC(=O)OCCCCCCCCCCCCCCCCCCCCCCCCCCCCCCCC(C)C. The Bertz CT molecular complexity index is 682. The summed E-state index contributed by atoms with van der Waals surface area (Å²) in [5, 5.41) is 0. The highest BCUT2D eigenvalue weighted by molar-refractivity contribution is 5.69. The van der Waals surface area contributed by atoms with E-state index in [1.165, 1.54) is 244 Å². The molecule has 310 valence electrons. The number of hydrogen-bond donors (Lipinski definition) is 0. The van der Waals surface area contributed by atoms with E-state index in [1.54, 1.807) is 0 Å². The first-order valence-electron chi connectivity index (χ1n) is 24.5. The molecule has 52 heavy (non-hydrogen) atoms. The van der Waals surface area contributed by atoms with E-state index in [1.807, 2.05) is 0 Å². The summed E-state index contributed by atoms with van der Waals surface area (Å²) in [5.74, 6) is 0.908. The standard InChI is InChI=1S/C50H98O2/c1-4-5-6-7-8-9-10-28-32-35-38-41-44-47-50(51)52-48-45-42-39-36-33-30-27-25-23-21-19-17-15-13-11-12-14-16-18-20-22-24-26-29-31-34-37-40-43-46-49(2)3/h9-10,49H,4-8,11-48H2,1-3H3/b10-9-. The lowest BCUT2D eigenvalue weighted by Gasteiger charge is -2.06. The molecule has 0 saturated carbocycles. The number of allylic oxidation sites excluding steroid dienone is 2. The molecule has 0 amide bonds. The minimum atomic E-state index is 0.0199. The lowest BCUT2D eigenvalue weighted by atomic mass is 10.0. The van der Waals surface area contributed by atoms with Crippen LogP contribution in [0.1, 0.15) is 290 Å². The van der Waals surface area contributed by atoms with Crippen molar-refractivity contribution >= 4 is 5.97 Å². The van der Waals surface area contributed by atoms with Crippen LogP contribution in [-0.2, 0) is 9.53 Å². The van der Waals surface area contributed by atoms with Gasteiger partial charge in [-0.25, -0.2) is 0 Å². The number of rotatable bonds is 45. The summed E-state index contributed by atoms with van der Waals surface area (Å²) < 4.78 is 5.47. The van der Waals surface area contributed by atoms with Crippen molar-refractivity contribution in [3.63, 3.8) is 0 Å². The molecule has 0 radical (unpaired) electrons. The van der Waals surface area contributed by atoms with Gasteiger partial charge in [-0.1, -0.05) is 258 Å². The summed E-state index contributed by atoms with van der Waals surface area (Å²) in [7, 11) is 0. The lowest BCUT2D eigenvalue weighted by molar-refractivity contribution is -0.143. The van der Waals surface area contributed by atoms with Crippen molar-refractivity contribution < 1.29 is 9.53 Å². The van der Waals surface area contributed by atoms with Gasteiger partial charge in [-0.15, -0.1) is 0 Å². The molecule has 0 bridgehead atoms. The fraction of sp³-hybridized carbons (Fsp3) is 0.940. The second-order valence-electron chi connectivity index (χ2n) is 17.3. The van der Waals surface area contributed by atoms with Gasteiger partial charge in [0.1, 0.15) is 0 Å². The molecule has 0 spiro atoms. The van der Waals surface area contributed by atoms with Crippen LogP contribution in [0.25, 0.3) is 0 Å². The summed E-state index contributed by atoms with van der Waals surface area (Å²) in [6.07, 6.45) is 62.0. The zero-order chi connectivity index (χ0) is 37.7. The van der Waals surface area contributed by atoms with E-state index < -0.39 is 0 Å². The Kier molecular flexibility index (Phi) is 45.7. The largest absolute Gasteiger partial charge is 0.466 e. The molecule has 0 aromatic rings. The van der Waals surface area contributed by atoms with E-state index >= 15 is 0 Å². The Balaban J connectivity index is 3.14. The molecule has 0 aliphatic rings. The Hall–Kier alpha value is -0.790. The first-order valence-corrected chi connectivity index (χ1v) is 24.5. The van der Waals surface area contributed by atoms with Gasteiger partial charge in [-0.3, -0.25) is 4.79 Å². The average Bonchev–Trinajstić information content (AvgIpc) is 3.13. The van der Waals surface area contributed by atoms with E-state index in [9.17, 15) is 4.79 Å². The normalized spacial score (nSPS) is 11.8. The third-order valence-electron chi connectivity index (χ3n) is 11.3. The first kappa shape index (κ1) is 51.2. The molecular formula is C50H98O2. The van der Waals surface area contributed by atoms with Crippen molar-refractivity contribution in [1.82, 2.24) is 0 Å². The highest BCUT2D eigenvalue weighted by Gasteiger charge is 2.03. The van der Waals surface area contributed by atoms with Crippen LogP contribution in [0.15, 0.2) is 12.2 Å². The van der Waals surface area contributed by atoms with Crippen LogP contribution in [0.5, 0.6) is 0 Å². The number of unbranched alkanes of at least 4 members (excludes halogenated alkanes) is 37. The topological polar surface area (TPSA) is 26.3 Å². The van der Waals surface area contributed by atoms with Crippen LogP contribution >= 0.6 is 0 Å². The van der Waals surface area contributed by atoms with Crippen LogP contribution in [0, 0.1) is 5.92 Å². The van der Waals surface area contributed by atoms with Gasteiger partial charge in [0.05, 0.1) is 6.61 Å². The van der Waals surface area contributed by atoms with E-state index in [0.717, 1.165) is 25.2 Å². The molecule has 0 atom stereocenters. The zero-order valence-electron chi connectivity index (χ0n) is 36.5. The number of hydrogen-bond acceptors (Lipinski definition) is 2. The fourth-order valence-corrected chi connectivity index (χ4v) is 7.67. The summed E-state index contributed by atoms with van der Waals surface area (Å²) >= 11 is 0. The average molecular weight is 731 g/mol. The molecule has 2 heteroatoms. The van der Waals surface area contributed by atoms with Crippen molar-refractivity contribution in [2.24, 2.45) is 5.92 Å². The van der Waals surface area contributed by atoms with Gasteiger partial charge in [-0.05, 0) is 44.4 Å². The van der Waals surface area contributed by atoms with Gasteiger partial charge in [0, 0.05) is 6.42 Å². The van der Waals surface area contributed by atoms with E-state index in [2.05, 4.69) is 32.9 Å². The van der Waals surface area contributed by atoms with Crippen molar-refractivity contribution in [3.05, 3.63) is 12.2 Å². The Labute approximate surface area is 329 Å². The minimum absolute atomic E-state index is 0.0199. The molecule has 0 aromatic heterocycles. The van der Waals surface area contributed by atoms with Crippen molar-refractivity contribution in [3.8, 4) is 0 Å². The molecule has 2 nitrogen and oxygen atoms in total. The molecule has 0 heterocycles. The second kappa shape index (κ2) is 46.4. The highest BCUT2D eigenvalue weighted by Crippen LogP contribution is 2.17. The highest BCUT2D eigenvalue weighted by atomic mass is 16.5. The summed E-state index contributed by atoms with van der Waals surface area (Å²) in [6.45, 7) is 7.59. The molecule has 0 N–H and O–H groups in total. The Morgan fingerprint density at radius 1 is 0.385 bits per heavy atom. The van der Waals surface area contributed by atoms with Crippen molar-refractivity contribution in [2.75, 3.05) is 6.61 Å². The van der Waals surface area contributed by atoms with Crippen LogP contribution in [0.3, 0.4) is 0 Å². The van der Waals surface area contributed by atoms with Gasteiger partial charge in [0.15, 0.2) is 0 Å². The maximum Gasteiger partial charge on any atom is 0.305 e. The number of esters is 1. The van der Waals surface area contributed by atoms with E-state index in [4.69, 9.17) is 4.74 Å². The van der Waals surface area contributed by atoms with Gasteiger partial charge >= 0.3 is 5.97 Å². The molecular weight excluding hydrogens is 633 g/mol. The van der Waals surface area contributed by atoms with Gasteiger partial charge in [0.25, 0.3) is 0 Å². The van der Waals surface area contributed by atoms with E-state index in [0.29, 0.717) is 13.0 Å². The van der Waals surface area contributed by atoms with Gasteiger partial charge in [-0.2, -0.15) is 0 Å². The number of ether oxygens (including phenoxy) is 1. The maximum absolute atomic E-state index is 12.0. The van der Waals surface area contributed by atoms with Crippen LogP contribution in [0.2, 0.25) is 0 Å².